The lowest BCUT2D eigenvalue weighted by Crippen LogP contribution is -2.24. The lowest BCUT2D eigenvalue weighted by molar-refractivity contribution is 0.133. The van der Waals surface area contributed by atoms with Gasteiger partial charge in [-0.3, -0.25) is 0 Å². The normalized spacial score (nSPS) is 24.4. The lowest BCUT2D eigenvalue weighted by Gasteiger charge is -2.29. The van der Waals surface area contributed by atoms with Crippen LogP contribution in [0.25, 0.3) is 5.57 Å². The first-order valence-electron chi connectivity index (χ1n) is 6.69. The van der Waals surface area contributed by atoms with Crippen molar-refractivity contribution < 1.29 is 19.7 Å². The van der Waals surface area contributed by atoms with E-state index in [1.165, 1.54) is 12.3 Å². The van der Waals surface area contributed by atoms with Crippen molar-refractivity contribution in [3.8, 4) is 5.75 Å². The van der Waals surface area contributed by atoms with Gasteiger partial charge < -0.3 is 25.4 Å². The SMILES string of the molecule is COC1C=C2OC=C(c3ccc(N)c(O)c3)C(O)C2=CC1. The average molecular weight is 287 g/mol. The van der Waals surface area contributed by atoms with Crippen LogP contribution in [0, 0.1) is 0 Å². The summed E-state index contributed by atoms with van der Waals surface area (Å²) in [5.74, 6) is 0.600. The first kappa shape index (κ1) is 13.7. The van der Waals surface area contributed by atoms with Crippen LogP contribution in [-0.2, 0) is 9.47 Å². The average Bonchev–Trinajstić information content (AvgIpc) is 2.50. The molecule has 1 aromatic carbocycles. The van der Waals surface area contributed by atoms with Gasteiger partial charge in [-0.05, 0) is 30.2 Å². The molecule has 1 heterocycles. The Morgan fingerprint density at radius 1 is 1.33 bits per heavy atom. The molecule has 0 fully saturated rings. The highest BCUT2D eigenvalue weighted by atomic mass is 16.5. The van der Waals surface area contributed by atoms with Gasteiger partial charge in [-0.25, -0.2) is 0 Å². The van der Waals surface area contributed by atoms with Crippen LogP contribution in [0.1, 0.15) is 12.0 Å². The van der Waals surface area contributed by atoms with Crippen molar-refractivity contribution in [3.05, 3.63) is 53.5 Å². The summed E-state index contributed by atoms with van der Waals surface area (Å²) in [5.41, 5.74) is 7.87. The van der Waals surface area contributed by atoms with Gasteiger partial charge in [-0.2, -0.15) is 0 Å². The Hall–Kier alpha value is -2.24. The summed E-state index contributed by atoms with van der Waals surface area (Å²) in [6.45, 7) is 0. The highest BCUT2D eigenvalue weighted by Crippen LogP contribution is 2.37. The van der Waals surface area contributed by atoms with Gasteiger partial charge in [0.1, 0.15) is 17.6 Å². The molecule has 1 aliphatic carbocycles. The van der Waals surface area contributed by atoms with Crippen molar-refractivity contribution in [2.75, 3.05) is 12.8 Å². The van der Waals surface area contributed by atoms with Crippen molar-refractivity contribution in [1.82, 2.24) is 0 Å². The molecule has 4 N–H and O–H groups in total. The number of aromatic hydroxyl groups is 1. The molecular formula is C16H17NO4. The fourth-order valence-corrected chi connectivity index (χ4v) is 2.50. The number of ether oxygens (including phenoxy) is 2. The number of anilines is 1. The molecule has 0 amide bonds. The first-order valence-corrected chi connectivity index (χ1v) is 6.69. The van der Waals surface area contributed by atoms with Crippen molar-refractivity contribution >= 4 is 11.3 Å². The zero-order chi connectivity index (χ0) is 15.0. The van der Waals surface area contributed by atoms with Crippen LogP contribution in [0.4, 0.5) is 5.69 Å². The molecule has 2 aliphatic rings. The number of hydrogen-bond acceptors (Lipinski definition) is 5. The Morgan fingerprint density at radius 2 is 2.14 bits per heavy atom. The molecule has 21 heavy (non-hydrogen) atoms. The third kappa shape index (κ3) is 2.41. The predicted octanol–water partition coefficient (Wildman–Crippen LogP) is 1.94. The van der Waals surface area contributed by atoms with Crippen LogP contribution >= 0.6 is 0 Å². The van der Waals surface area contributed by atoms with Gasteiger partial charge in [0.05, 0.1) is 18.1 Å². The van der Waals surface area contributed by atoms with Gasteiger partial charge in [0.25, 0.3) is 0 Å². The number of benzene rings is 1. The molecule has 0 bridgehead atoms. The molecule has 5 heteroatoms. The molecule has 1 aromatic rings. The molecular weight excluding hydrogens is 270 g/mol. The first-order chi connectivity index (χ1) is 10.1. The van der Waals surface area contributed by atoms with Gasteiger partial charge >= 0.3 is 0 Å². The number of nitrogens with two attached hydrogens (primary N) is 1. The number of fused-ring (bicyclic) bond motifs is 1. The quantitative estimate of drug-likeness (QED) is 0.572. The monoisotopic (exact) mass is 287 g/mol. The number of aliphatic hydroxyl groups is 1. The molecule has 1 aliphatic heterocycles. The third-order valence-electron chi connectivity index (χ3n) is 3.76. The topological polar surface area (TPSA) is 84.9 Å². The summed E-state index contributed by atoms with van der Waals surface area (Å²) in [5, 5.41) is 20.2. The van der Waals surface area contributed by atoms with Crippen molar-refractivity contribution in [1.29, 1.82) is 0 Å². The number of rotatable bonds is 2. The number of hydrogen-bond donors (Lipinski definition) is 3. The lowest BCUT2D eigenvalue weighted by atomic mass is 9.89. The maximum absolute atomic E-state index is 10.5. The van der Waals surface area contributed by atoms with E-state index in [4.69, 9.17) is 15.2 Å². The van der Waals surface area contributed by atoms with Crippen LogP contribution < -0.4 is 5.73 Å². The molecule has 0 saturated heterocycles. The van der Waals surface area contributed by atoms with Gasteiger partial charge in [0.15, 0.2) is 0 Å². The highest BCUT2D eigenvalue weighted by molar-refractivity contribution is 5.76. The molecule has 0 radical (unpaired) electrons. The van der Waals surface area contributed by atoms with E-state index in [-0.39, 0.29) is 11.9 Å². The number of phenols is 1. The van der Waals surface area contributed by atoms with E-state index in [0.717, 1.165) is 5.57 Å². The van der Waals surface area contributed by atoms with E-state index in [0.29, 0.717) is 29.0 Å². The standard InChI is InChI=1S/C16H17NO4/c1-20-10-3-4-11-15(7-10)21-8-12(16(11)19)9-2-5-13(17)14(18)6-9/h2,4-8,10,16,18-19H,3,17H2,1H3. The Morgan fingerprint density at radius 3 is 2.86 bits per heavy atom. The van der Waals surface area contributed by atoms with Gasteiger partial charge in [0, 0.05) is 18.3 Å². The van der Waals surface area contributed by atoms with E-state index < -0.39 is 6.10 Å². The Labute approximate surface area is 122 Å². The molecule has 0 aromatic heterocycles. The number of aliphatic hydroxyl groups excluding tert-OH is 1. The van der Waals surface area contributed by atoms with Crippen LogP contribution in [0.5, 0.6) is 5.75 Å². The number of methoxy groups -OCH3 is 1. The second-order valence-corrected chi connectivity index (χ2v) is 5.07. The van der Waals surface area contributed by atoms with Gasteiger partial charge in [-0.15, -0.1) is 0 Å². The Balaban J connectivity index is 1.95. The molecule has 2 atom stereocenters. The minimum absolute atomic E-state index is 0.0148. The molecule has 0 spiro atoms. The Bertz CT molecular complexity index is 660. The second-order valence-electron chi connectivity index (χ2n) is 5.07. The smallest absolute Gasteiger partial charge is 0.139 e. The van der Waals surface area contributed by atoms with Crippen LogP contribution in [0.2, 0.25) is 0 Å². The molecule has 5 nitrogen and oxygen atoms in total. The van der Waals surface area contributed by atoms with Crippen LogP contribution in [-0.4, -0.2) is 29.5 Å². The second kappa shape index (κ2) is 5.27. The van der Waals surface area contributed by atoms with E-state index in [1.54, 1.807) is 19.2 Å². The van der Waals surface area contributed by atoms with Crippen molar-refractivity contribution in [3.63, 3.8) is 0 Å². The maximum Gasteiger partial charge on any atom is 0.139 e. The minimum atomic E-state index is -0.800. The van der Waals surface area contributed by atoms with E-state index in [1.807, 2.05) is 12.2 Å². The maximum atomic E-state index is 10.5. The van der Waals surface area contributed by atoms with E-state index >= 15 is 0 Å². The molecule has 3 rings (SSSR count). The van der Waals surface area contributed by atoms with Crippen LogP contribution in [0.3, 0.4) is 0 Å². The van der Waals surface area contributed by atoms with Crippen molar-refractivity contribution in [2.45, 2.75) is 18.6 Å². The number of phenolic OH excluding ortho intramolecular Hbond substituents is 1. The van der Waals surface area contributed by atoms with Gasteiger partial charge in [-0.1, -0.05) is 12.1 Å². The molecule has 0 saturated carbocycles. The highest BCUT2D eigenvalue weighted by Gasteiger charge is 2.29. The van der Waals surface area contributed by atoms with E-state index in [2.05, 4.69) is 0 Å². The van der Waals surface area contributed by atoms with Gasteiger partial charge in [0.2, 0.25) is 0 Å². The zero-order valence-corrected chi connectivity index (χ0v) is 11.6. The summed E-state index contributed by atoms with van der Waals surface area (Å²) in [4.78, 5) is 0. The summed E-state index contributed by atoms with van der Waals surface area (Å²) >= 11 is 0. The predicted molar refractivity (Wildman–Crippen MR) is 79.2 cm³/mol. The minimum Gasteiger partial charge on any atom is -0.506 e. The number of nitrogen functional groups attached to an aromatic ring is 1. The fourth-order valence-electron chi connectivity index (χ4n) is 2.50. The summed E-state index contributed by atoms with van der Waals surface area (Å²) in [7, 11) is 1.64. The molecule has 2 unspecified atom stereocenters. The largest absolute Gasteiger partial charge is 0.506 e. The Kier molecular flexibility index (Phi) is 3.45. The summed E-state index contributed by atoms with van der Waals surface area (Å²) < 4.78 is 10.9. The zero-order valence-electron chi connectivity index (χ0n) is 11.6. The molecule has 110 valence electrons. The summed E-state index contributed by atoms with van der Waals surface area (Å²) in [6, 6.07) is 4.85. The summed E-state index contributed by atoms with van der Waals surface area (Å²) in [6.07, 6.45) is 5.12. The third-order valence-corrected chi connectivity index (χ3v) is 3.76. The fraction of sp³-hybridized carbons (Fsp3) is 0.250. The van der Waals surface area contributed by atoms with E-state index in [9.17, 15) is 10.2 Å². The van der Waals surface area contributed by atoms with Crippen LogP contribution in [0.15, 0.2) is 47.9 Å². The van der Waals surface area contributed by atoms with Crippen molar-refractivity contribution in [2.24, 2.45) is 0 Å².